The quantitative estimate of drug-likeness (QED) is 0.737. The number of aryl methyl sites for hydroxylation is 1. The number of carbonyl (C=O) groups is 1. The Balaban J connectivity index is 1.76. The van der Waals surface area contributed by atoms with Crippen LogP contribution in [0.2, 0.25) is 0 Å². The first-order valence-corrected chi connectivity index (χ1v) is 7.37. The van der Waals surface area contributed by atoms with Crippen molar-refractivity contribution in [2.75, 3.05) is 5.32 Å². The molecule has 0 aliphatic heterocycles. The maximum atomic E-state index is 12.2. The number of pyridine rings is 1. The van der Waals surface area contributed by atoms with Gasteiger partial charge in [0, 0.05) is 17.1 Å². The lowest BCUT2D eigenvalue weighted by molar-refractivity contribution is -0.682. The van der Waals surface area contributed by atoms with E-state index in [1.165, 1.54) is 10.9 Å². The molecule has 0 aliphatic carbocycles. The van der Waals surface area contributed by atoms with E-state index in [1.807, 2.05) is 67.2 Å². The van der Waals surface area contributed by atoms with Crippen LogP contribution < -0.4 is 9.88 Å². The van der Waals surface area contributed by atoms with Crippen LogP contribution in [0.4, 0.5) is 5.69 Å². The van der Waals surface area contributed by atoms with Gasteiger partial charge in [-0.1, -0.05) is 30.3 Å². The highest BCUT2D eigenvalue weighted by molar-refractivity contribution is 5.90. The van der Waals surface area contributed by atoms with E-state index in [9.17, 15) is 4.79 Å². The van der Waals surface area contributed by atoms with E-state index < -0.39 is 0 Å². The summed E-state index contributed by atoms with van der Waals surface area (Å²) in [5.74, 6) is -0.0195. The van der Waals surface area contributed by atoms with Gasteiger partial charge in [0.05, 0.1) is 0 Å². The molecule has 3 nitrogen and oxygen atoms in total. The van der Waals surface area contributed by atoms with Crippen molar-refractivity contribution in [3.63, 3.8) is 0 Å². The van der Waals surface area contributed by atoms with Crippen molar-refractivity contribution in [1.29, 1.82) is 0 Å². The van der Waals surface area contributed by atoms with E-state index in [2.05, 4.69) is 17.4 Å². The van der Waals surface area contributed by atoms with Gasteiger partial charge in [-0.15, -0.1) is 0 Å². The molecule has 0 saturated carbocycles. The predicted octanol–water partition coefficient (Wildman–Crippen LogP) is 3.38. The summed E-state index contributed by atoms with van der Waals surface area (Å²) in [7, 11) is 0. The van der Waals surface area contributed by atoms with E-state index in [0.717, 1.165) is 16.6 Å². The number of hydrogen-bond acceptors (Lipinski definition) is 1. The van der Waals surface area contributed by atoms with E-state index in [4.69, 9.17) is 0 Å². The first-order chi connectivity index (χ1) is 10.6. The topological polar surface area (TPSA) is 33.0 Å². The van der Waals surface area contributed by atoms with E-state index in [-0.39, 0.29) is 5.91 Å². The van der Waals surface area contributed by atoms with Crippen LogP contribution in [0.3, 0.4) is 0 Å². The first kappa shape index (κ1) is 14.3. The molecule has 0 unspecified atom stereocenters. The molecule has 3 aromatic rings. The number of nitrogens with one attached hydrogen (secondary N) is 1. The highest BCUT2D eigenvalue weighted by Crippen LogP contribution is 2.17. The molecular weight excluding hydrogens is 272 g/mol. The average molecular weight is 291 g/mol. The van der Waals surface area contributed by atoms with E-state index in [0.29, 0.717) is 6.54 Å². The summed E-state index contributed by atoms with van der Waals surface area (Å²) in [5, 5.41) is 5.29. The van der Waals surface area contributed by atoms with E-state index >= 15 is 0 Å². The van der Waals surface area contributed by atoms with Gasteiger partial charge < -0.3 is 5.32 Å². The number of carbonyl (C=O) groups excluding carboxylic acids is 1. The molecule has 1 aromatic heterocycles. The molecule has 1 heterocycles. The molecule has 110 valence electrons. The number of anilines is 1. The Kier molecular flexibility index (Phi) is 3.88. The number of benzene rings is 2. The molecule has 0 atom stereocenters. The number of nitrogens with zero attached hydrogens (tertiary/aromatic N) is 1. The van der Waals surface area contributed by atoms with Crippen molar-refractivity contribution in [3.05, 3.63) is 72.1 Å². The van der Waals surface area contributed by atoms with Crippen LogP contribution in [0.25, 0.3) is 10.8 Å². The predicted molar refractivity (Wildman–Crippen MR) is 88.7 cm³/mol. The first-order valence-electron chi connectivity index (χ1n) is 7.37. The Bertz CT molecular complexity index is 840. The highest BCUT2D eigenvalue weighted by atomic mass is 16.1. The summed E-state index contributed by atoms with van der Waals surface area (Å²) >= 11 is 0. The molecule has 0 spiro atoms. The molecule has 0 fully saturated rings. The van der Waals surface area contributed by atoms with Crippen molar-refractivity contribution in [3.8, 4) is 0 Å². The van der Waals surface area contributed by atoms with Crippen LogP contribution in [0.5, 0.6) is 0 Å². The zero-order valence-corrected chi connectivity index (χ0v) is 12.8. The van der Waals surface area contributed by atoms with Crippen molar-refractivity contribution < 1.29 is 9.36 Å². The molecule has 0 aliphatic rings. The summed E-state index contributed by atoms with van der Waals surface area (Å²) in [6, 6.07) is 16.1. The minimum absolute atomic E-state index is 0.0195. The number of hydrogen-bond donors (Lipinski definition) is 1. The molecule has 0 saturated heterocycles. The second-order valence-electron chi connectivity index (χ2n) is 5.54. The Hall–Kier alpha value is -2.68. The van der Waals surface area contributed by atoms with Crippen LogP contribution in [0.1, 0.15) is 11.1 Å². The molecule has 3 heteroatoms. The van der Waals surface area contributed by atoms with Crippen molar-refractivity contribution in [2.24, 2.45) is 0 Å². The van der Waals surface area contributed by atoms with Crippen LogP contribution in [0, 0.1) is 13.8 Å². The number of rotatable bonds is 3. The monoisotopic (exact) mass is 291 g/mol. The lowest BCUT2D eigenvalue weighted by Crippen LogP contribution is -2.39. The van der Waals surface area contributed by atoms with Crippen LogP contribution >= 0.6 is 0 Å². The Morgan fingerprint density at radius 1 is 1.00 bits per heavy atom. The molecule has 2 aromatic carbocycles. The second-order valence-corrected chi connectivity index (χ2v) is 5.54. The van der Waals surface area contributed by atoms with Gasteiger partial charge in [-0.25, -0.2) is 0 Å². The van der Waals surface area contributed by atoms with Gasteiger partial charge in [0.15, 0.2) is 12.4 Å². The van der Waals surface area contributed by atoms with Gasteiger partial charge in [0.25, 0.3) is 5.91 Å². The summed E-state index contributed by atoms with van der Waals surface area (Å²) in [6.07, 6.45) is 3.93. The number of aromatic nitrogens is 1. The smallest absolute Gasteiger partial charge is 0.290 e. The normalized spacial score (nSPS) is 10.6. The fourth-order valence-electron chi connectivity index (χ4n) is 2.52. The summed E-state index contributed by atoms with van der Waals surface area (Å²) in [6.45, 7) is 4.37. The molecule has 1 N–H and O–H groups in total. The zero-order chi connectivity index (χ0) is 15.5. The van der Waals surface area contributed by atoms with Crippen molar-refractivity contribution in [1.82, 2.24) is 0 Å². The maximum Gasteiger partial charge on any atom is 0.290 e. The van der Waals surface area contributed by atoms with Gasteiger partial charge in [0.1, 0.15) is 0 Å². The zero-order valence-electron chi connectivity index (χ0n) is 12.8. The largest absolute Gasteiger partial charge is 0.320 e. The SMILES string of the molecule is Cc1cccc(NC(=O)C[n+]2ccc3ccccc3c2)c1C. The van der Waals surface area contributed by atoms with Crippen LogP contribution in [0.15, 0.2) is 60.9 Å². The third kappa shape index (κ3) is 2.98. The number of amides is 1. The summed E-state index contributed by atoms with van der Waals surface area (Å²) in [4.78, 5) is 12.2. The fraction of sp³-hybridized carbons (Fsp3) is 0.158. The Morgan fingerprint density at radius 2 is 1.77 bits per heavy atom. The Labute approximate surface area is 130 Å². The average Bonchev–Trinajstić information content (AvgIpc) is 2.52. The van der Waals surface area contributed by atoms with Crippen LogP contribution in [-0.2, 0) is 11.3 Å². The Morgan fingerprint density at radius 3 is 2.59 bits per heavy atom. The standard InChI is InChI=1S/C19H18N2O/c1-14-6-5-9-18(15(14)2)20-19(22)13-21-11-10-16-7-3-4-8-17(16)12-21/h3-12H,13H2,1-2H3/p+1. The minimum Gasteiger partial charge on any atom is -0.320 e. The summed E-state index contributed by atoms with van der Waals surface area (Å²) < 4.78 is 1.91. The third-order valence-corrected chi connectivity index (χ3v) is 3.95. The molecule has 0 radical (unpaired) electrons. The van der Waals surface area contributed by atoms with Gasteiger partial charge in [-0.05, 0) is 42.5 Å². The van der Waals surface area contributed by atoms with Gasteiger partial charge in [-0.3, -0.25) is 4.79 Å². The summed E-state index contributed by atoms with van der Waals surface area (Å²) in [5.41, 5.74) is 3.17. The lowest BCUT2D eigenvalue weighted by Gasteiger charge is -2.09. The number of fused-ring (bicyclic) bond motifs is 1. The van der Waals surface area contributed by atoms with Crippen LogP contribution in [-0.4, -0.2) is 5.91 Å². The third-order valence-electron chi connectivity index (χ3n) is 3.95. The van der Waals surface area contributed by atoms with E-state index in [1.54, 1.807) is 0 Å². The maximum absolute atomic E-state index is 12.2. The second kappa shape index (κ2) is 5.98. The molecular formula is C19H19N2O+. The molecule has 22 heavy (non-hydrogen) atoms. The molecule has 0 bridgehead atoms. The van der Waals surface area contributed by atoms with Crippen molar-refractivity contribution >= 4 is 22.4 Å². The minimum atomic E-state index is -0.0195. The van der Waals surface area contributed by atoms with Gasteiger partial charge in [-0.2, -0.15) is 4.57 Å². The van der Waals surface area contributed by atoms with Gasteiger partial charge in [0.2, 0.25) is 6.54 Å². The molecule has 1 amide bonds. The highest BCUT2D eigenvalue weighted by Gasteiger charge is 2.11. The van der Waals surface area contributed by atoms with Crippen molar-refractivity contribution in [2.45, 2.75) is 20.4 Å². The fourth-order valence-corrected chi connectivity index (χ4v) is 2.52. The molecule has 3 rings (SSSR count). The van der Waals surface area contributed by atoms with Gasteiger partial charge >= 0.3 is 0 Å². The lowest BCUT2D eigenvalue weighted by atomic mass is 10.1.